The van der Waals surface area contributed by atoms with Gasteiger partial charge >= 0.3 is 0 Å². The zero-order valence-corrected chi connectivity index (χ0v) is 10.9. The van der Waals surface area contributed by atoms with Gasteiger partial charge in [-0.2, -0.15) is 0 Å². The molecule has 14 heavy (non-hydrogen) atoms. The van der Waals surface area contributed by atoms with Crippen LogP contribution in [0.15, 0.2) is 37.0 Å². The Kier molecular flexibility index (Phi) is 7.49. The first-order valence-corrected chi connectivity index (χ1v) is 9.18. The molecule has 0 heterocycles. The molecular weight excluding hydrogens is 184 g/mol. The number of rotatable bonds is 7. The van der Waals surface area contributed by atoms with Gasteiger partial charge in [0.1, 0.15) is 0 Å². The van der Waals surface area contributed by atoms with E-state index in [1.807, 2.05) is 6.08 Å². The van der Waals surface area contributed by atoms with Crippen LogP contribution in [0.4, 0.5) is 0 Å². The zero-order chi connectivity index (χ0) is 10.9. The summed E-state index contributed by atoms with van der Waals surface area (Å²) < 4.78 is 0. The molecule has 0 amide bonds. The molecule has 0 fully saturated rings. The van der Waals surface area contributed by atoms with Gasteiger partial charge in [-0.1, -0.05) is 50.0 Å². The van der Waals surface area contributed by atoms with Gasteiger partial charge in [-0.3, -0.25) is 0 Å². The van der Waals surface area contributed by atoms with E-state index in [-0.39, 0.29) is 0 Å². The van der Waals surface area contributed by atoms with Crippen molar-refractivity contribution in [2.24, 2.45) is 0 Å². The fourth-order valence-electron chi connectivity index (χ4n) is 1.06. The minimum atomic E-state index is -0.856. The first-order valence-electron chi connectivity index (χ1n) is 5.47. The maximum Gasteiger partial charge on any atom is 0.0480 e. The van der Waals surface area contributed by atoms with Crippen LogP contribution in [-0.2, 0) is 0 Å². The summed E-state index contributed by atoms with van der Waals surface area (Å²) in [7, 11) is -0.856. The van der Waals surface area contributed by atoms with E-state index >= 15 is 0 Å². The van der Waals surface area contributed by atoms with E-state index in [1.165, 1.54) is 12.5 Å². The van der Waals surface area contributed by atoms with E-state index in [9.17, 15) is 0 Å². The van der Waals surface area contributed by atoms with Gasteiger partial charge in [0.2, 0.25) is 0 Å². The molecular formula is C13H24Si. The van der Waals surface area contributed by atoms with Gasteiger partial charge in [-0.05, 0) is 25.3 Å². The topological polar surface area (TPSA) is 0 Å². The van der Waals surface area contributed by atoms with E-state index in [2.05, 4.69) is 50.5 Å². The lowest BCUT2D eigenvalue weighted by Gasteiger charge is -2.11. The Morgan fingerprint density at radius 3 is 2.00 bits per heavy atom. The van der Waals surface area contributed by atoms with Crippen LogP contribution in [0.25, 0.3) is 0 Å². The molecule has 0 rings (SSSR count). The summed E-state index contributed by atoms with van der Waals surface area (Å²) in [5, 5.41) is 0. The van der Waals surface area contributed by atoms with Crippen LogP contribution in [0, 0.1) is 0 Å². The monoisotopic (exact) mass is 208 g/mol. The third-order valence-corrected chi connectivity index (χ3v) is 3.33. The quantitative estimate of drug-likeness (QED) is 0.320. The Balaban J connectivity index is 3.40. The van der Waals surface area contributed by atoms with E-state index in [4.69, 9.17) is 0 Å². The molecule has 0 aliphatic rings. The molecule has 0 spiro atoms. The van der Waals surface area contributed by atoms with Crippen molar-refractivity contribution in [2.75, 3.05) is 0 Å². The van der Waals surface area contributed by atoms with Crippen molar-refractivity contribution < 1.29 is 0 Å². The molecule has 0 radical (unpaired) electrons. The van der Waals surface area contributed by atoms with Crippen LogP contribution >= 0.6 is 0 Å². The van der Waals surface area contributed by atoms with Gasteiger partial charge in [0.05, 0.1) is 0 Å². The van der Waals surface area contributed by atoms with Crippen LogP contribution in [0.5, 0.6) is 0 Å². The molecule has 0 bridgehead atoms. The summed E-state index contributed by atoms with van der Waals surface area (Å²) in [6, 6.07) is 1.31. The highest BCUT2D eigenvalue weighted by atomic mass is 28.3. The Morgan fingerprint density at radius 1 is 0.929 bits per heavy atom. The second kappa shape index (κ2) is 7.81. The highest BCUT2D eigenvalue weighted by Crippen LogP contribution is 2.09. The van der Waals surface area contributed by atoms with Gasteiger partial charge in [-0.25, -0.2) is 0 Å². The van der Waals surface area contributed by atoms with Crippen LogP contribution in [-0.4, -0.2) is 8.07 Å². The van der Waals surface area contributed by atoms with Gasteiger partial charge in [0.25, 0.3) is 0 Å². The van der Waals surface area contributed by atoms with Gasteiger partial charge < -0.3 is 0 Å². The van der Waals surface area contributed by atoms with Crippen molar-refractivity contribution in [1.82, 2.24) is 0 Å². The lowest BCUT2D eigenvalue weighted by molar-refractivity contribution is 1.04. The molecule has 80 valence electrons. The first kappa shape index (κ1) is 13.4. The van der Waals surface area contributed by atoms with Crippen molar-refractivity contribution in [1.29, 1.82) is 0 Å². The van der Waals surface area contributed by atoms with Crippen LogP contribution < -0.4 is 0 Å². The molecule has 0 unspecified atom stereocenters. The average Bonchev–Trinajstić information content (AvgIpc) is 2.08. The normalized spacial score (nSPS) is 12.8. The molecule has 0 aromatic carbocycles. The predicted molar refractivity (Wildman–Crippen MR) is 70.5 cm³/mol. The molecule has 0 nitrogen and oxygen atoms in total. The Bertz CT molecular complexity index is 194. The maximum absolute atomic E-state index is 3.67. The lowest BCUT2D eigenvalue weighted by atomic mass is 10.2. The molecule has 0 saturated carbocycles. The molecule has 0 aromatic rings. The lowest BCUT2D eigenvalue weighted by Crippen LogP contribution is -2.17. The van der Waals surface area contributed by atoms with Crippen LogP contribution in [0.1, 0.15) is 19.3 Å². The van der Waals surface area contributed by atoms with Crippen molar-refractivity contribution >= 4 is 8.07 Å². The minimum absolute atomic E-state index is 0.856. The van der Waals surface area contributed by atoms with Gasteiger partial charge in [0, 0.05) is 8.07 Å². The summed E-state index contributed by atoms with van der Waals surface area (Å²) in [5.74, 6) is 0. The minimum Gasteiger partial charge on any atom is -0.103 e. The van der Waals surface area contributed by atoms with Gasteiger partial charge in [0.15, 0.2) is 0 Å². The van der Waals surface area contributed by atoms with Crippen molar-refractivity contribution in [3.8, 4) is 0 Å². The van der Waals surface area contributed by atoms with Crippen molar-refractivity contribution in [3.05, 3.63) is 37.0 Å². The first-order chi connectivity index (χ1) is 6.56. The fourth-order valence-corrected chi connectivity index (χ4v) is 1.93. The highest BCUT2D eigenvalue weighted by Gasteiger charge is 2.08. The number of unbranched alkanes of at least 4 members (excludes halogenated alkanes) is 1. The smallest absolute Gasteiger partial charge is 0.0480 e. The largest absolute Gasteiger partial charge is 0.103 e. The Labute approximate surface area is 90.4 Å². The third kappa shape index (κ3) is 11.4. The zero-order valence-electron chi connectivity index (χ0n) is 9.92. The fraction of sp³-hybridized carbons (Fsp3) is 0.538. The van der Waals surface area contributed by atoms with E-state index < -0.39 is 8.07 Å². The molecule has 0 aliphatic carbocycles. The SMILES string of the molecule is C=CC/C=C/CC/C=C/C[Si](C)(C)C. The number of hydrogen-bond donors (Lipinski definition) is 0. The van der Waals surface area contributed by atoms with Crippen molar-refractivity contribution in [3.63, 3.8) is 0 Å². The van der Waals surface area contributed by atoms with Crippen LogP contribution in [0.2, 0.25) is 25.7 Å². The molecule has 0 aliphatic heterocycles. The second-order valence-corrected chi connectivity index (χ2v) is 10.3. The summed E-state index contributed by atoms with van der Waals surface area (Å²) in [6.07, 6.45) is 14.4. The van der Waals surface area contributed by atoms with E-state index in [0.717, 1.165) is 12.8 Å². The molecule has 0 N–H and O–H groups in total. The number of hydrogen-bond acceptors (Lipinski definition) is 0. The molecule has 0 atom stereocenters. The summed E-state index contributed by atoms with van der Waals surface area (Å²) in [6.45, 7) is 10.9. The average molecular weight is 208 g/mol. The number of allylic oxidation sites excluding steroid dienone is 5. The summed E-state index contributed by atoms with van der Waals surface area (Å²) >= 11 is 0. The summed E-state index contributed by atoms with van der Waals surface area (Å²) in [4.78, 5) is 0. The molecule has 1 heteroatoms. The molecule has 0 saturated heterocycles. The predicted octanol–water partition coefficient (Wildman–Crippen LogP) is 4.79. The Morgan fingerprint density at radius 2 is 1.50 bits per heavy atom. The van der Waals surface area contributed by atoms with Crippen LogP contribution in [0.3, 0.4) is 0 Å². The van der Waals surface area contributed by atoms with E-state index in [0.29, 0.717) is 0 Å². The second-order valence-electron chi connectivity index (χ2n) is 4.81. The summed E-state index contributed by atoms with van der Waals surface area (Å²) in [5.41, 5.74) is 0. The van der Waals surface area contributed by atoms with Gasteiger partial charge in [-0.15, -0.1) is 6.58 Å². The molecule has 0 aromatic heterocycles. The third-order valence-electron chi connectivity index (χ3n) is 1.87. The standard InChI is InChI=1S/C13H24Si/c1-5-6-7-8-9-10-11-12-13-14(2,3)4/h5,7-8,11-12H,1,6,9-10,13H2,2-4H3/b8-7+,12-11+. The maximum atomic E-state index is 3.67. The Hall–Kier alpha value is -0.563. The van der Waals surface area contributed by atoms with Crippen molar-refractivity contribution in [2.45, 2.75) is 44.9 Å². The highest BCUT2D eigenvalue weighted by molar-refractivity contribution is 6.76. The van der Waals surface area contributed by atoms with E-state index in [1.54, 1.807) is 0 Å².